The first-order valence-electron chi connectivity index (χ1n) is 8.96. The van der Waals surface area contributed by atoms with E-state index in [1.807, 2.05) is 11.6 Å². The second-order valence-corrected chi connectivity index (χ2v) is 8.13. The number of hydrogen-bond acceptors (Lipinski definition) is 5. The second kappa shape index (κ2) is 8.24. The Morgan fingerprint density at radius 3 is 2.61 bits per heavy atom. The zero-order chi connectivity index (χ0) is 19.5. The second-order valence-electron chi connectivity index (χ2n) is 6.33. The highest BCUT2D eigenvalue weighted by atomic mass is 32.2. The van der Waals surface area contributed by atoms with E-state index in [1.165, 1.54) is 11.6 Å². The Bertz CT molecular complexity index is 1090. The average Bonchev–Trinajstić information content (AvgIpc) is 3.34. The van der Waals surface area contributed by atoms with Crippen molar-refractivity contribution in [3.05, 3.63) is 71.0 Å². The van der Waals surface area contributed by atoms with Gasteiger partial charge in [0.1, 0.15) is 10.8 Å². The number of halogens is 1. The fourth-order valence-electron chi connectivity index (χ4n) is 2.85. The van der Waals surface area contributed by atoms with Crippen LogP contribution in [0.5, 0.6) is 0 Å². The van der Waals surface area contributed by atoms with Crippen LogP contribution in [0.25, 0.3) is 22.0 Å². The third-order valence-electron chi connectivity index (χ3n) is 4.46. The van der Waals surface area contributed by atoms with E-state index in [9.17, 15) is 4.39 Å². The summed E-state index contributed by atoms with van der Waals surface area (Å²) in [6.45, 7) is 2.15. The topological polar surface area (TPSA) is 43.6 Å². The molecule has 0 bridgehead atoms. The molecule has 0 spiro atoms. The lowest BCUT2D eigenvalue weighted by Gasteiger charge is -2.04. The molecule has 28 heavy (non-hydrogen) atoms. The van der Waals surface area contributed by atoms with Crippen LogP contribution in [-0.2, 0) is 19.2 Å². The van der Waals surface area contributed by atoms with Crippen LogP contribution in [0.15, 0.2) is 59.1 Å². The highest BCUT2D eigenvalue weighted by molar-refractivity contribution is 7.98. The van der Waals surface area contributed by atoms with Gasteiger partial charge >= 0.3 is 0 Å². The number of nitrogens with zero attached hydrogens (tertiary/aromatic N) is 4. The van der Waals surface area contributed by atoms with Gasteiger partial charge in [0, 0.05) is 23.7 Å². The van der Waals surface area contributed by atoms with Crippen molar-refractivity contribution in [2.45, 2.75) is 24.3 Å². The first-order valence-corrected chi connectivity index (χ1v) is 10.8. The summed E-state index contributed by atoms with van der Waals surface area (Å²) < 4.78 is 15.8. The van der Waals surface area contributed by atoms with Gasteiger partial charge in [0.25, 0.3) is 0 Å². The lowest BCUT2D eigenvalue weighted by atomic mass is 10.1. The van der Waals surface area contributed by atoms with Gasteiger partial charge in [-0.3, -0.25) is 0 Å². The molecule has 2 aromatic heterocycles. The van der Waals surface area contributed by atoms with Gasteiger partial charge in [-0.15, -0.1) is 21.5 Å². The predicted molar refractivity (Wildman–Crippen MR) is 113 cm³/mol. The van der Waals surface area contributed by atoms with Gasteiger partial charge < -0.3 is 4.57 Å². The minimum Gasteiger partial charge on any atom is -0.305 e. The highest BCUT2D eigenvalue weighted by Gasteiger charge is 2.15. The van der Waals surface area contributed by atoms with Crippen molar-refractivity contribution in [3.63, 3.8) is 0 Å². The Kier molecular flexibility index (Phi) is 5.54. The van der Waals surface area contributed by atoms with Crippen LogP contribution in [0.3, 0.4) is 0 Å². The van der Waals surface area contributed by atoms with E-state index in [-0.39, 0.29) is 5.82 Å². The van der Waals surface area contributed by atoms with Crippen molar-refractivity contribution in [1.82, 2.24) is 19.7 Å². The molecule has 0 radical (unpaired) electrons. The largest absolute Gasteiger partial charge is 0.305 e. The zero-order valence-corrected chi connectivity index (χ0v) is 17.2. The molecule has 0 aliphatic carbocycles. The van der Waals surface area contributed by atoms with Crippen LogP contribution in [0, 0.1) is 5.82 Å². The standard InChI is InChI=1S/C21H19FN4S2/c1-3-14-8-10-15(11-9-14)20-23-16(12-27-20)13-28-21-25-24-19(26(21)2)17-6-4-5-7-18(17)22/h4-12H,3,13H2,1-2H3. The molecule has 142 valence electrons. The Morgan fingerprint density at radius 1 is 1.07 bits per heavy atom. The summed E-state index contributed by atoms with van der Waals surface area (Å²) >= 11 is 3.19. The third kappa shape index (κ3) is 3.86. The van der Waals surface area contributed by atoms with E-state index < -0.39 is 0 Å². The van der Waals surface area contributed by atoms with E-state index in [4.69, 9.17) is 4.98 Å². The zero-order valence-electron chi connectivity index (χ0n) is 15.6. The molecule has 0 saturated carbocycles. The first kappa shape index (κ1) is 18.8. The van der Waals surface area contributed by atoms with E-state index in [1.54, 1.807) is 41.3 Å². The summed E-state index contributed by atoms with van der Waals surface area (Å²) in [4.78, 5) is 4.74. The van der Waals surface area contributed by atoms with Crippen LogP contribution in [0.1, 0.15) is 18.2 Å². The van der Waals surface area contributed by atoms with E-state index in [0.29, 0.717) is 17.1 Å². The average molecular weight is 411 g/mol. The molecular formula is C21H19FN4S2. The van der Waals surface area contributed by atoms with Gasteiger partial charge in [0.05, 0.1) is 11.3 Å². The Morgan fingerprint density at radius 2 is 1.86 bits per heavy atom. The fraction of sp³-hybridized carbons (Fsp3) is 0.190. The minimum absolute atomic E-state index is 0.298. The molecule has 2 aromatic carbocycles. The van der Waals surface area contributed by atoms with Crippen LogP contribution < -0.4 is 0 Å². The summed E-state index contributed by atoms with van der Waals surface area (Å²) in [5.41, 5.74) is 3.92. The smallest absolute Gasteiger partial charge is 0.191 e. The predicted octanol–water partition coefficient (Wildman–Crippen LogP) is 5.60. The lowest BCUT2D eigenvalue weighted by Crippen LogP contribution is -1.96. The van der Waals surface area contributed by atoms with Crippen molar-refractivity contribution in [3.8, 4) is 22.0 Å². The number of aryl methyl sites for hydroxylation is 1. The number of thiazole rings is 1. The van der Waals surface area contributed by atoms with Gasteiger partial charge in [-0.1, -0.05) is 55.1 Å². The number of benzene rings is 2. The van der Waals surface area contributed by atoms with Crippen molar-refractivity contribution in [2.75, 3.05) is 0 Å². The molecule has 4 nitrogen and oxygen atoms in total. The molecule has 0 amide bonds. The van der Waals surface area contributed by atoms with Crippen LogP contribution in [0.4, 0.5) is 4.39 Å². The van der Waals surface area contributed by atoms with Gasteiger partial charge in [-0.05, 0) is 24.1 Å². The Labute approximate surface area is 171 Å². The molecule has 4 aromatic rings. The van der Waals surface area contributed by atoms with Crippen molar-refractivity contribution in [1.29, 1.82) is 0 Å². The fourth-order valence-corrected chi connectivity index (χ4v) is 4.58. The molecule has 2 heterocycles. The molecule has 0 aliphatic rings. The Balaban J connectivity index is 1.47. The summed E-state index contributed by atoms with van der Waals surface area (Å²) in [5, 5.41) is 12.2. The summed E-state index contributed by atoms with van der Waals surface area (Å²) in [7, 11) is 1.85. The van der Waals surface area contributed by atoms with Gasteiger partial charge in [0.15, 0.2) is 11.0 Å². The molecule has 0 aliphatic heterocycles. The Hall–Kier alpha value is -2.51. The van der Waals surface area contributed by atoms with Crippen LogP contribution in [0.2, 0.25) is 0 Å². The summed E-state index contributed by atoms with van der Waals surface area (Å²) in [5.74, 6) is 0.913. The number of thioether (sulfide) groups is 1. The maximum absolute atomic E-state index is 14.0. The van der Waals surface area contributed by atoms with Crippen molar-refractivity contribution in [2.24, 2.45) is 7.05 Å². The van der Waals surface area contributed by atoms with E-state index >= 15 is 0 Å². The normalized spacial score (nSPS) is 11.1. The third-order valence-corrected chi connectivity index (χ3v) is 6.45. The minimum atomic E-state index is -0.298. The first-order chi connectivity index (χ1) is 13.7. The van der Waals surface area contributed by atoms with E-state index in [0.717, 1.165) is 27.8 Å². The lowest BCUT2D eigenvalue weighted by molar-refractivity contribution is 0.628. The molecule has 0 fully saturated rings. The quantitative estimate of drug-likeness (QED) is 0.388. The SMILES string of the molecule is CCc1ccc(-c2nc(CSc3nnc(-c4ccccc4F)n3C)cs2)cc1. The van der Waals surface area contributed by atoms with Gasteiger partial charge in [0.2, 0.25) is 0 Å². The molecule has 7 heteroatoms. The summed E-state index contributed by atoms with van der Waals surface area (Å²) in [6, 6.07) is 15.1. The number of hydrogen-bond donors (Lipinski definition) is 0. The molecule has 4 rings (SSSR count). The number of rotatable bonds is 6. The maximum Gasteiger partial charge on any atom is 0.191 e. The highest BCUT2D eigenvalue weighted by Crippen LogP contribution is 2.29. The van der Waals surface area contributed by atoms with Crippen molar-refractivity contribution >= 4 is 23.1 Å². The van der Waals surface area contributed by atoms with E-state index in [2.05, 4.69) is 46.8 Å². The monoisotopic (exact) mass is 410 g/mol. The van der Waals surface area contributed by atoms with Crippen LogP contribution in [-0.4, -0.2) is 19.7 Å². The molecule has 0 saturated heterocycles. The molecular weight excluding hydrogens is 391 g/mol. The van der Waals surface area contributed by atoms with Gasteiger partial charge in [-0.25, -0.2) is 9.37 Å². The van der Waals surface area contributed by atoms with Gasteiger partial charge in [-0.2, -0.15) is 0 Å². The number of aromatic nitrogens is 4. The maximum atomic E-state index is 14.0. The molecule has 0 unspecified atom stereocenters. The van der Waals surface area contributed by atoms with Crippen LogP contribution >= 0.6 is 23.1 Å². The molecule has 0 N–H and O–H groups in total. The van der Waals surface area contributed by atoms with Crippen molar-refractivity contribution < 1.29 is 4.39 Å². The summed E-state index contributed by atoms with van der Waals surface area (Å²) in [6.07, 6.45) is 1.03. The molecule has 0 atom stereocenters.